The molecule has 0 spiro atoms. The fourth-order valence-corrected chi connectivity index (χ4v) is 2.86. The lowest BCUT2D eigenvalue weighted by molar-refractivity contribution is 0.173. The summed E-state index contributed by atoms with van der Waals surface area (Å²) in [6.07, 6.45) is 0.919. The molecule has 0 saturated heterocycles. The van der Waals surface area contributed by atoms with Crippen LogP contribution < -0.4 is 4.72 Å². The van der Waals surface area contributed by atoms with Gasteiger partial charge in [0.1, 0.15) is 6.10 Å². The summed E-state index contributed by atoms with van der Waals surface area (Å²) in [5.74, 6) is 0. The maximum absolute atomic E-state index is 12.0. The fourth-order valence-electron chi connectivity index (χ4n) is 1.80. The summed E-state index contributed by atoms with van der Waals surface area (Å²) < 4.78 is 28.1. The molecule has 1 heterocycles. The van der Waals surface area contributed by atoms with Crippen molar-refractivity contribution in [1.82, 2.24) is 9.29 Å². The molecule has 2 N–H and O–H groups in total. The van der Waals surface area contributed by atoms with Crippen LogP contribution in [-0.4, -0.2) is 24.6 Å². The molecule has 0 bridgehead atoms. The Labute approximate surface area is 112 Å². The Morgan fingerprint density at radius 2 is 1.89 bits per heavy atom. The van der Waals surface area contributed by atoms with E-state index >= 15 is 0 Å². The number of benzene rings is 1. The molecule has 5 nitrogen and oxygen atoms in total. The maximum Gasteiger partial charge on any atom is 0.240 e. The summed E-state index contributed by atoms with van der Waals surface area (Å²) in [5.41, 5.74) is 0.663. The van der Waals surface area contributed by atoms with Gasteiger partial charge in [-0.15, -0.1) is 0 Å². The van der Waals surface area contributed by atoms with Gasteiger partial charge >= 0.3 is 0 Å². The van der Waals surface area contributed by atoms with Gasteiger partial charge in [-0.25, -0.2) is 13.1 Å². The second kappa shape index (κ2) is 5.56. The molecule has 2 aromatic rings. The number of aromatic nitrogens is 1. The third kappa shape index (κ3) is 3.23. The zero-order chi connectivity index (χ0) is 13.9. The molecule has 1 atom stereocenters. The molecule has 19 heavy (non-hydrogen) atoms. The lowest BCUT2D eigenvalue weighted by Gasteiger charge is -2.13. The minimum atomic E-state index is -3.58. The molecule has 0 amide bonds. The molecule has 1 aromatic carbocycles. The molecule has 0 aliphatic carbocycles. The normalized spacial score (nSPS) is 13.4. The minimum absolute atomic E-state index is 0.0604. The van der Waals surface area contributed by atoms with Gasteiger partial charge < -0.3 is 9.67 Å². The van der Waals surface area contributed by atoms with Gasteiger partial charge in [-0.2, -0.15) is 0 Å². The maximum atomic E-state index is 12.0. The summed E-state index contributed by atoms with van der Waals surface area (Å²) in [6.45, 7) is -0.0604. The molecule has 0 aliphatic heterocycles. The van der Waals surface area contributed by atoms with E-state index in [4.69, 9.17) is 0 Å². The summed E-state index contributed by atoms with van der Waals surface area (Å²) in [7, 11) is -1.78. The van der Waals surface area contributed by atoms with Crippen LogP contribution >= 0.6 is 0 Å². The second-order valence-electron chi connectivity index (χ2n) is 4.22. The quantitative estimate of drug-likeness (QED) is 0.859. The lowest BCUT2D eigenvalue weighted by Crippen LogP contribution is -2.29. The van der Waals surface area contributed by atoms with Crippen LogP contribution in [0.3, 0.4) is 0 Å². The van der Waals surface area contributed by atoms with Crippen LogP contribution in [0.4, 0.5) is 0 Å². The minimum Gasteiger partial charge on any atom is -0.386 e. The highest BCUT2D eigenvalue weighted by atomic mass is 32.2. The monoisotopic (exact) mass is 280 g/mol. The van der Waals surface area contributed by atoms with E-state index in [-0.39, 0.29) is 11.4 Å². The van der Waals surface area contributed by atoms with Gasteiger partial charge in [-0.3, -0.25) is 0 Å². The van der Waals surface area contributed by atoms with Crippen LogP contribution in [0, 0.1) is 0 Å². The Morgan fingerprint density at radius 3 is 2.47 bits per heavy atom. The molecule has 6 heteroatoms. The highest BCUT2D eigenvalue weighted by molar-refractivity contribution is 7.89. The number of aryl methyl sites for hydroxylation is 1. The van der Waals surface area contributed by atoms with Gasteiger partial charge in [-0.1, -0.05) is 18.2 Å². The average molecular weight is 280 g/mol. The van der Waals surface area contributed by atoms with Gasteiger partial charge in [0, 0.05) is 25.5 Å². The molecular weight excluding hydrogens is 264 g/mol. The number of rotatable bonds is 5. The summed E-state index contributed by atoms with van der Waals surface area (Å²) in [4.78, 5) is 0.189. The summed E-state index contributed by atoms with van der Waals surface area (Å²) >= 11 is 0. The second-order valence-corrected chi connectivity index (χ2v) is 5.99. The van der Waals surface area contributed by atoms with Crippen LogP contribution in [0.5, 0.6) is 0 Å². The lowest BCUT2D eigenvalue weighted by atomic mass is 10.2. The van der Waals surface area contributed by atoms with Gasteiger partial charge in [0.2, 0.25) is 10.0 Å². The zero-order valence-corrected chi connectivity index (χ0v) is 11.3. The number of nitrogens with zero attached hydrogens (tertiary/aromatic N) is 1. The van der Waals surface area contributed by atoms with Crippen LogP contribution in [0.2, 0.25) is 0 Å². The zero-order valence-electron chi connectivity index (χ0n) is 10.5. The average Bonchev–Trinajstić information content (AvgIpc) is 2.83. The first kappa shape index (κ1) is 13.8. The third-order valence-corrected chi connectivity index (χ3v) is 4.29. The topological polar surface area (TPSA) is 71.3 Å². The smallest absolute Gasteiger partial charge is 0.240 e. The number of nitrogens with one attached hydrogen (secondary N) is 1. The largest absolute Gasteiger partial charge is 0.386 e. The van der Waals surface area contributed by atoms with Crippen molar-refractivity contribution in [2.24, 2.45) is 7.05 Å². The Kier molecular flexibility index (Phi) is 4.04. The van der Waals surface area contributed by atoms with Crippen LogP contribution in [0.15, 0.2) is 53.6 Å². The molecule has 0 radical (unpaired) electrons. The number of aliphatic hydroxyl groups is 1. The van der Waals surface area contributed by atoms with E-state index in [1.54, 1.807) is 48.1 Å². The molecule has 2 rings (SSSR count). The van der Waals surface area contributed by atoms with Crippen molar-refractivity contribution in [3.05, 3.63) is 54.4 Å². The van der Waals surface area contributed by atoms with Gasteiger partial charge in [0.25, 0.3) is 0 Å². The van der Waals surface area contributed by atoms with E-state index < -0.39 is 16.1 Å². The first-order valence-electron chi connectivity index (χ1n) is 5.85. The van der Waals surface area contributed by atoms with Crippen LogP contribution in [-0.2, 0) is 17.1 Å². The van der Waals surface area contributed by atoms with Crippen molar-refractivity contribution < 1.29 is 13.5 Å². The Bertz CT molecular complexity index is 635. The predicted octanol–water partition coefficient (Wildman–Crippen LogP) is 1.04. The van der Waals surface area contributed by atoms with Crippen molar-refractivity contribution in [2.45, 2.75) is 11.0 Å². The van der Waals surface area contributed by atoms with E-state index in [0.29, 0.717) is 5.69 Å². The number of hydrogen-bond acceptors (Lipinski definition) is 3. The van der Waals surface area contributed by atoms with Gasteiger partial charge in [0.15, 0.2) is 0 Å². The van der Waals surface area contributed by atoms with Crippen molar-refractivity contribution >= 4 is 10.0 Å². The third-order valence-electron chi connectivity index (χ3n) is 2.85. The van der Waals surface area contributed by atoms with E-state index in [1.165, 1.54) is 12.1 Å². The number of sulfonamides is 1. The highest BCUT2D eigenvalue weighted by Gasteiger charge is 2.17. The molecule has 1 unspecified atom stereocenters. The van der Waals surface area contributed by atoms with E-state index in [2.05, 4.69) is 4.72 Å². The van der Waals surface area contributed by atoms with Crippen LogP contribution in [0.25, 0.3) is 0 Å². The Hall–Kier alpha value is -1.63. The van der Waals surface area contributed by atoms with Crippen molar-refractivity contribution in [3.63, 3.8) is 0 Å². The number of hydrogen-bond donors (Lipinski definition) is 2. The van der Waals surface area contributed by atoms with E-state index in [1.807, 2.05) is 0 Å². The Balaban J connectivity index is 2.05. The predicted molar refractivity (Wildman–Crippen MR) is 72.0 cm³/mol. The van der Waals surface area contributed by atoms with E-state index in [9.17, 15) is 13.5 Å². The van der Waals surface area contributed by atoms with Crippen molar-refractivity contribution in [2.75, 3.05) is 6.54 Å². The Morgan fingerprint density at radius 1 is 1.21 bits per heavy atom. The first-order chi connectivity index (χ1) is 9.00. The van der Waals surface area contributed by atoms with Gasteiger partial charge in [0.05, 0.1) is 4.90 Å². The van der Waals surface area contributed by atoms with Crippen LogP contribution in [0.1, 0.15) is 11.8 Å². The SMILES string of the molecule is Cn1cccc1C(O)CNS(=O)(=O)c1ccccc1. The molecule has 0 aliphatic rings. The highest BCUT2D eigenvalue weighted by Crippen LogP contribution is 2.13. The van der Waals surface area contributed by atoms with Crippen molar-refractivity contribution in [3.8, 4) is 0 Å². The molecule has 102 valence electrons. The molecule has 1 aromatic heterocycles. The molecule has 0 saturated carbocycles. The summed E-state index contributed by atoms with van der Waals surface area (Å²) in [5, 5.41) is 9.95. The van der Waals surface area contributed by atoms with E-state index in [0.717, 1.165) is 0 Å². The molecule has 0 fully saturated rings. The van der Waals surface area contributed by atoms with Gasteiger partial charge in [-0.05, 0) is 24.3 Å². The van der Waals surface area contributed by atoms with Crippen molar-refractivity contribution in [1.29, 1.82) is 0 Å². The first-order valence-corrected chi connectivity index (χ1v) is 7.33. The number of aliphatic hydroxyl groups excluding tert-OH is 1. The summed E-state index contributed by atoms with van der Waals surface area (Å²) in [6, 6.07) is 11.6. The molecular formula is C13H16N2O3S. The standard InChI is InChI=1S/C13H16N2O3S/c1-15-9-5-8-12(15)13(16)10-14-19(17,18)11-6-3-2-4-7-11/h2-9,13-14,16H,10H2,1H3. The fraction of sp³-hybridized carbons (Fsp3) is 0.231.